The van der Waals surface area contributed by atoms with Crippen molar-refractivity contribution in [1.29, 1.82) is 0 Å². The monoisotopic (exact) mass is 337 g/mol. The fourth-order valence-electron chi connectivity index (χ4n) is 3.31. The van der Waals surface area contributed by atoms with Crippen LogP contribution in [0.4, 0.5) is 10.1 Å². The number of anilines is 1. The molecule has 4 heteroatoms. The van der Waals surface area contributed by atoms with Crippen LogP contribution in [-0.2, 0) is 0 Å². The van der Waals surface area contributed by atoms with Gasteiger partial charge in [0.05, 0.1) is 5.69 Å². The Labute approximate surface area is 148 Å². The van der Waals surface area contributed by atoms with Crippen LogP contribution in [-0.4, -0.2) is 50.7 Å². The second-order valence-electron chi connectivity index (χ2n) is 5.93. The first-order chi connectivity index (χ1) is 11.8. The van der Waals surface area contributed by atoms with Crippen molar-refractivity contribution < 1.29 is 4.39 Å². The van der Waals surface area contributed by atoms with Crippen LogP contribution in [0.5, 0.6) is 0 Å². The van der Waals surface area contributed by atoms with Gasteiger partial charge in [-0.05, 0) is 44.0 Å². The number of nitrogens with zero attached hydrogens (tertiary/aromatic N) is 2. The van der Waals surface area contributed by atoms with E-state index in [1.165, 1.54) is 32.5 Å². The van der Waals surface area contributed by atoms with Gasteiger partial charge in [0.1, 0.15) is 5.82 Å². The maximum Gasteiger partial charge on any atom is 0.146 e. The van der Waals surface area contributed by atoms with E-state index in [9.17, 15) is 4.39 Å². The number of hydrogen-bond acceptors (Lipinski definition) is 3. The summed E-state index contributed by atoms with van der Waals surface area (Å²) in [6.45, 7) is 15.5. The van der Waals surface area contributed by atoms with Gasteiger partial charge in [0.25, 0.3) is 0 Å². The fraction of sp³-hybridized carbons (Fsp3) is 0.700. The number of halogens is 1. The van der Waals surface area contributed by atoms with Crippen molar-refractivity contribution in [2.24, 2.45) is 5.92 Å². The van der Waals surface area contributed by atoms with Gasteiger partial charge in [-0.2, -0.15) is 0 Å². The molecule has 0 saturated carbocycles. The first kappa shape index (κ1) is 20.9. The normalized spacial score (nSPS) is 19.0. The van der Waals surface area contributed by atoms with Crippen molar-refractivity contribution in [2.45, 2.75) is 40.5 Å². The van der Waals surface area contributed by atoms with E-state index in [0.717, 1.165) is 37.8 Å². The number of nitrogens with one attached hydrogen (secondary N) is 1. The second kappa shape index (κ2) is 12.3. The molecule has 24 heavy (non-hydrogen) atoms. The van der Waals surface area contributed by atoms with Crippen LogP contribution < -0.4 is 10.2 Å². The Hall–Kier alpha value is -1.13. The first-order valence-corrected chi connectivity index (χ1v) is 9.75. The highest BCUT2D eigenvalue weighted by Gasteiger charge is 2.22. The van der Waals surface area contributed by atoms with Crippen molar-refractivity contribution in [3.05, 3.63) is 30.1 Å². The highest BCUT2D eigenvalue weighted by atomic mass is 19.1. The van der Waals surface area contributed by atoms with Gasteiger partial charge in [-0.1, -0.05) is 39.8 Å². The third-order valence-electron chi connectivity index (χ3n) is 4.54. The van der Waals surface area contributed by atoms with Crippen molar-refractivity contribution >= 4 is 5.69 Å². The summed E-state index contributed by atoms with van der Waals surface area (Å²) in [4.78, 5) is 4.72. The Balaban J connectivity index is 0.000000671. The summed E-state index contributed by atoms with van der Waals surface area (Å²) in [5.74, 6) is 0.746. The Morgan fingerprint density at radius 2 is 1.54 bits per heavy atom. The second-order valence-corrected chi connectivity index (χ2v) is 5.93. The summed E-state index contributed by atoms with van der Waals surface area (Å²) in [5.41, 5.74) is 0.758. The molecule has 0 bridgehead atoms. The van der Waals surface area contributed by atoms with Crippen molar-refractivity contribution in [1.82, 2.24) is 10.2 Å². The van der Waals surface area contributed by atoms with Gasteiger partial charge in [-0.15, -0.1) is 0 Å². The first-order valence-electron chi connectivity index (χ1n) is 9.75. The van der Waals surface area contributed by atoms with E-state index in [4.69, 9.17) is 0 Å². The van der Waals surface area contributed by atoms with Gasteiger partial charge in [0, 0.05) is 32.7 Å². The van der Waals surface area contributed by atoms with E-state index in [2.05, 4.69) is 15.1 Å². The van der Waals surface area contributed by atoms with Crippen molar-refractivity contribution in [3.8, 4) is 0 Å². The van der Waals surface area contributed by atoms with Crippen molar-refractivity contribution in [2.75, 3.05) is 50.7 Å². The molecular formula is C20H36FN3. The molecule has 3 rings (SSSR count). The van der Waals surface area contributed by atoms with Gasteiger partial charge >= 0.3 is 0 Å². The molecule has 2 aliphatic heterocycles. The molecule has 2 saturated heterocycles. The molecule has 0 radical (unpaired) electrons. The molecule has 138 valence electrons. The lowest BCUT2D eigenvalue weighted by Crippen LogP contribution is -2.48. The van der Waals surface area contributed by atoms with Crippen LogP contribution in [0.15, 0.2) is 24.3 Å². The molecule has 0 atom stereocenters. The predicted octanol–water partition coefficient (Wildman–Crippen LogP) is 4.00. The average Bonchev–Trinajstić information content (AvgIpc) is 2.67. The summed E-state index contributed by atoms with van der Waals surface area (Å²) >= 11 is 0. The Kier molecular flexibility index (Phi) is 10.7. The van der Waals surface area contributed by atoms with E-state index in [0.29, 0.717) is 0 Å². The minimum atomic E-state index is -0.0979. The molecule has 2 fully saturated rings. The van der Waals surface area contributed by atoms with Crippen LogP contribution in [0.2, 0.25) is 0 Å². The molecule has 0 amide bonds. The van der Waals surface area contributed by atoms with Gasteiger partial charge in [-0.3, -0.25) is 4.90 Å². The Bertz CT molecular complexity index is 425. The summed E-state index contributed by atoms with van der Waals surface area (Å²) < 4.78 is 13.8. The molecule has 0 aromatic heterocycles. The minimum Gasteiger partial charge on any atom is -0.367 e. The highest BCUT2D eigenvalue weighted by Crippen LogP contribution is 2.21. The zero-order valence-corrected chi connectivity index (χ0v) is 16.0. The molecule has 1 aromatic rings. The SMILES string of the molecule is CC.CC.Fc1ccccc1N1CCN(CC2CCNCC2)CC1. The smallest absolute Gasteiger partial charge is 0.146 e. The van der Waals surface area contributed by atoms with E-state index in [1.54, 1.807) is 12.1 Å². The van der Waals surface area contributed by atoms with Gasteiger partial charge < -0.3 is 10.2 Å². The van der Waals surface area contributed by atoms with Gasteiger partial charge in [0.2, 0.25) is 0 Å². The predicted molar refractivity (Wildman–Crippen MR) is 103 cm³/mol. The standard InChI is InChI=1S/C16H24FN3.2C2H6/c17-15-3-1-2-4-16(15)20-11-9-19(10-12-20)13-14-5-7-18-8-6-14;2*1-2/h1-4,14,18H,5-13H2;2*1-2H3. The molecule has 2 aliphatic rings. The van der Waals surface area contributed by atoms with E-state index >= 15 is 0 Å². The number of para-hydroxylation sites is 1. The number of hydrogen-bond donors (Lipinski definition) is 1. The van der Waals surface area contributed by atoms with Crippen LogP contribution >= 0.6 is 0 Å². The molecule has 1 aromatic carbocycles. The van der Waals surface area contributed by atoms with Crippen LogP contribution in [0.1, 0.15) is 40.5 Å². The molecule has 1 N–H and O–H groups in total. The van der Waals surface area contributed by atoms with Crippen molar-refractivity contribution in [3.63, 3.8) is 0 Å². The topological polar surface area (TPSA) is 18.5 Å². The van der Waals surface area contributed by atoms with E-state index in [1.807, 2.05) is 39.8 Å². The Morgan fingerprint density at radius 3 is 2.12 bits per heavy atom. The maximum absolute atomic E-state index is 13.8. The number of piperazine rings is 1. The highest BCUT2D eigenvalue weighted by molar-refractivity contribution is 5.47. The quantitative estimate of drug-likeness (QED) is 0.899. The Morgan fingerprint density at radius 1 is 0.958 bits per heavy atom. The lowest BCUT2D eigenvalue weighted by molar-refractivity contribution is 0.196. The lowest BCUT2D eigenvalue weighted by atomic mass is 9.97. The van der Waals surface area contributed by atoms with Crippen LogP contribution in [0, 0.1) is 11.7 Å². The number of rotatable bonds is 3. The molecule has 3 nitrogen and oxygen atoms in total. The van der Waals surface area contributed by atoms with E-state index < -0.39 is 0 Å². The molecule has 0 aliphatic carbocycles. The van der Waals surface area contributed by atoms with E-state index in [-0.39, 0.29) is 5.82 Å². The maximum atomic E-state index is 13.8. The molecule has 2 heterocycles. The third kappa shape index (κ3) is 6.40. The largest absolute Gasteiger partial charge is 0.367 e. The fourth-order valence-corrected chi connectivity index (χ4v) is 3.31. The zero-order chi connectivity index (χ0) is 17.8. The zero-order valence-electron chi connectivity index (χ0n) is 16.0. The summed E-state index contributed by atoms with van der Waals surface area (Å²) in [6, 6.07) is 7.11. The van der Waals surface area contributed by atoms with Crippen LogP contribution in [0.3, 0.4) is 0 Å². The number of benzene rings is 1. The molecule has 0 spiro atoms. The summed E-state index contributed by atoms with van der Waals surface area (Å²) in [6.07, 6.45) is 2.60. The summed E-state index contributed by atoms with van der Waals surface area (Å²) in [5, 5.41) is 3.42. The van der Waals surface area contributed by atoms with Gasteiger partial charge in [-0.25, -0.2) is 4.39 Å². The lowest BCUT2D eigenvalue weighted by Gasteiger charge is -2.38. The molecular weight excluding hydrogens is 301 g/mol. The third-order valence-corrected chi connectivity index (χ3v) is 4.54. The summed E-state index contributed by atoms with van der Waals surface area (Å²) in [7, 11) is 0. The molecule has 0 unspecified atom stereocenters. The number of piperidine rings is 1. The van der Waals surface area contributed by atoms with Crippen LogP contribution in [0.25, 0.3) is 0 Å². The average molecular weight is 338 g/mol. The minimum absolute atomic E-state index is 0.0979. The van der Waals surface area contributed by atoms with Gasteiger partial charge in [0.15, 0.2) is 0 Å².